The van der Waals surface area contributed by atoms with E-state index in [1.165, 1.54) is 31.0 Å². The zero-order chi connectivity index (χ0) is 31.9. The van der Waals surface area contributed by atoms with Crippen LogP contribution in [-0.4, -0.2) is 78.5 Å². The molecular weight excluding hydrogens is 577 g/mol. The number of likely N-dealkylation sites (tertiary alicyclic amines) is 2. The Morgan fingerprint density at radius 2 is 1.44 bits per heavy atom. The Morgan fingerprint density at radius 1 is 0.884 bits per heavy atom. The van der Waals surface area contributed by atoms with Crippen LogP contribution in [0.15, 0.2) is 36.4 Å². The van der Waals surface area contributed by atoms with E-state index in [0.29, 0.717) is 43.1 Å². The van der Waals surface area contributed by atoms with Crippen molar-refractivity contribution in [3.05, 3.63) is 70.0 Å². The number of aryl methyl sites for hydroxylation is 1. The van der Waals surface area contributed by atoms with Gasteiger partial charge in [-0.25, -0.2) is 9.18 Å². The highest BCUT2D eigenvalue weighted by molar-refractivity contribution is 5.75. The van der Waals surface area contributed by atoms with Crippen molar-refractivity contribution in [1.82, 2.24) is 19.6 Å². The third kappa shape index (κ3) is 7.45. The fourth-order valence-corrected chi connectivity index (χ4v) is 6.37. The lowest BCUT2D eigenvalue weighted by molar-refractivity contribution is -0.143. The largest absolute Gasteiger partial charge is 0.416 e. The Bertz CT molecular complexity index is 1260. The number of carbonyl (C=O) groups is 1. The highest BCUT2D eigenvalue weighted by Gasteiger charge is 2.40. The quantitative estimate of drug-likeness (QED) is 0.326. The minimum atomic E-state index is -4.99. The highest BCUT2D eigenvalue weighted by Crippen LogP contribution is 2.40. The molecule has 0 aromatic heterocycles. The van der Waals surface area contributed by atoms with Gasteiger partial charge in [-0.15, -0.1) is 0 Å². The van der Waals surface area contributed by atoms with E-state index in [1.54, 1.807) is 17.9 Å². The molecule has 2 saturated heterocycles. The Labute approximate surface area is 248 Å². The van der Waals surface area contributed by atoms with Crippen molar-refractivity contribution in [2.45, 2.75) is 76.1 Å². The number of hydrogen-bond acceptors (Lipinski definition) is 3. The van der Waals surface area contributed by atoms with Gasteiger partial charge in [0.1, 0.15) is 5.82 Å². The molecule has 43 heavy (non-hydrogen) atoms. The predicted molar refractivity (Wildman–Crippen MR) is 150 cm³/mol. The Kier molecular flexibility index (Phi) is 9.71. The van der Waals surface area contributed by atoms with Crippen LogP contribution in [0.2, 0.25) is 0 Å². The van der Waals surface area contributed by atoms with Crippen molar-refractivity contribution in [2.24, 2.45) is 0 Å². The van der Waals surface area contributed by atoms with E-state index >= 15 is 0 Å². The summed E-state index contributed by atoms with van der Waals surface area (Å²) in [6.07, 6.45) is -6.75. The van der Waals surface area contributed by atoms with Crippen molar-refractivity contribution in [3.8, 4) is 0 Å². The molecule has 2 fully saturated rings. The van der Waals surface area contributed by atoms with Gasteiger partial charge in [0.2, 0.25) is 0 Å². The molecule has 0 N–H and O–H groups in total. The van der Waals surface area contributed by atoms with Gasteiger partial charge < -0.3 is 19.6 Å². The summed E-state index contributed by atoms with van der Waals surface area (Å²) in [7, 11) is 5.56. The molecule has 2 aromatic rings. The molecule has 0 unspecified atom stereocenters. The molecule has 2 amide bonds. The van der Waals surface area contributed by atoms with Gasteiger partial charge in [-0.2, -0.15) is 26.3 Å². The fraction of sp³-hybridized carbons (Fsp3) is 0.581. The van der Waals surface area contributed by atoms with Crippen LogP contribution >= 0.6 is 0 Å². The van der Waals surface area contributed by atoms with Crippen LogP contribution in [0.5, 0.6) is 0 Å². The van der Waals surface area contributed by atoms with Crippen molar-refractivity contribution < 1.29 is 35.5 Å². The van der Waals surface area contributed by atoms with Gasteiger partial charge in [0, 0.05) is 25.7 Å². The van der Waals surface area contributed by atoms with Gasteiger partial charge in [0.05, 0.1) is 23.2 Å². The molecule has 0 aliphatic carbocycles. The molecule has 0 bridgehead atoms. The van der Waals surface area contributed by atoms with Crippen LogP contribution < -0.4 is 0 Å². The van der Waals surface area contributed by atoms with E-state index < -0.39 is 47.4 Å². The Morgan fingerprint density at radius 3 is 1.98 bits per heavy atom. The normalized spacial score (nSPS) is 21.7. The molecule has 12 heteroatoms. The Balaban J connectivity index is 1.63. The first-order valence-electron chi connectivity index (χ1n) is 14.5. The number of halogens is 7. The lowest BCUT2D eigenvalue weighted by Gasteiger charge is -2.47. The van der Waals surface area contributed by atoms with Crippen LogP contribution in [0, 0.1) is 12.7 Å². The fourth-order valence-electron chi connectivity index (χ4n) is 6.37. The third-order valence-corrected chi connectivity index (χ3v) is 9.23. The molecule has 2 aliphatic heterocycles. The molecule has 0 saturated carbocycles. The SMILES string of the molecule is Cc1cc(F)ccc1[C@H]1C[C@H](N(C)C2CCN(C)CC2)CCN1C(=O)N(C)[C@H](C)c1cc(C(F)(F)F)cc(C(F)(F)F)c1. The minimum Gasteiger partial charge on any atom is -0.321 e. The van der Waals surface area contributed by atoms with Crippen LogP contribution in [0.3, 0.4) is 0 Å². The van der Waals surface area contributed by atoms with Crippen LogP contribution in [0.25, 0.3) is 0 Å². The lowest BCUT2D eigenvalue weighted by atomic mass is 9.87. The van der Waals surface area contributed by atoms with Crippen molar-refractivity contribution >= 4 is 6.03 Å². The van der Waals surface area contributed by atoms with Gasteiger partial charge in [-0.1, -0.05) is 6.07 Å². The van der Waals surface area contributed by atoms with Gasteiger partial charge >= 0.3 is 18.4 Å². The standard InChI is InChI=1S/C31H39F7N4O/c1-19-14-24(32)6-7-27(19)28-18-26(41(5)25-8-11-39(3)12-9-25)10-13-42(28)29(43)40(4)20(2)21-15-22(30(33,34)35)17-23(16-21)31(36,37)38/h6-7,14-17,20,25-26,28H,8-13,18H2,1-5H3/t20-,26-,28-/m1/s1. The van der Waals surface area contributed by atoms with Crippen LogP contribution in [0.1, 0.15) is 72.5 Å². The second-order valence-electron chi connectivity index (χ2n) is 12.0. The summed E-state index contributed by atoms with van der Waals surface area (Å²) in [4.78, 5) is 21.4. The van der Waals surface area contributed by atoms with Gasteiger partial charge in [-0.05, 0) is 114 Å². The van der Waals surface area contributed by atoms with E-state index in [9.17, 15) is 35.5 Å². The van der Waals surface area contributed by atoms with Gasteiger partial charge in [-0.3, -0.25) is 0 Å². The molecule has 0 radical (unpaired) electrons. The van der Waals surface area contributed by atoms with Crippen LogP contribution in [-0.2, 0) is 12.4 Å². The summed E-state index contributed by atoms with van der Waals surface area (Å²) in [6.45, 7) is 5.48. The highest BCUT2D eigenvalue weighted by atomic mass is 19.4. The topological polar surface area (TPSA) is 30.0 Å². The summed E-state index contributed by atoms with van der Waals surface area (Å²) in [6, 6.07) is 4.23. The zero-order valence-corrected chi connectivity index (χ0v) is 25.1. The van der Waals surface area contributed by atoms with E-state index in [0.717, 1.165) is 31.5 Å². The molecule has 2 heterocycles. The summed E-state index contributed by atoms with van der Waals surface area (Å²) in [5.74, 6) is -0.411. The maximum Gasteiger partial charge on any atom is 0.416 e. The number of amides is 2. The van der Waals surface area contributed by atoms with Crippen molar-refractivity contribution in [3.63, 3.8) is 0 Å². The first-order chi connectivity index (χ1) is 20.0. The maximum atomic E-state index is 14.0. The number of rotatable bonds is 5. The van der Waals surface area contributed by atoms with Gasteiger partial charge in [0.25, 0.3) is 0 Å². The number of carbonyl (C=O) groups excluding carboxylic acids is 1. The smallest absolute Gasteiger partial charge is 0.321 e. The number of hydrogen-bond donors (Lipinski definition) is 0. The average Bonchev–Trinajstić information content (AvgIpc) is 2.94. The minimum absolute atomic E-state index is 0.0804. The first-order valence-corrected chi connectivity index (χ1v) is 14.5. The number of piperidine rings is 2. The maximum absolute atomic E-state index is 14.0. The predicted octanol–water partition coefficient (Wildman–Crippen LogP) is 7.52. The van der Waals surface area contributed by atoms with Crippen LogP contribution in [0.4, 0.5) is 35.5 Å². The molecule has 5 nitrogen and oxygen atoms in total. The summed E-state index contributed by atoms with van der Waals surface area (Å²) < 4.78 is 95.2. The molecule has 238 valence electrons. The van der Waals surface area contributed by atoms with E-state index in [2.05, 4.69) is 23.9 Å². The second kappa shape index (κ2) is 12.6. The lowest BCUT2D eigenvalue weighted by Crippen LogP contribution is -2.53. The molecule has 2 aromatic carbocycles. The number of nitrogens with zero attached hydrogens (tertiary/aromatic N) is 4. The van der Waals surface area contributed by atoms with Crippen molar-refractivity contribution in [2.75, 3.05) is 40.8 Å². The van der Waals surface area contributed by atoms with Crippen molar-refractivity contribution in [1.29, 1.82) is 0 Å². The molecule has 2 aliphatic rings. The molecule has 3 atom stereocenters. The van der Waals surface area contributed by atoms with Gasteiger partial charge in [0.15, 0.2) is 0 Å². The summed E-state index contributed by atoms with van der Waals surface area (Å²) in [5.41, 5.74) is -1.71. The summed E-state index contributed by atoms with van der Waals surface area (Å²) in [5, 5.41) is 0. The average molecular weight is 617 g/mol. The zero-order valence-electron chi connectivity index (χ0n) is 25.1. The molecular formula is C31H39F7N4O. The number of benzene rings is 2. The second-order valence-corrected chi connectivity index (χ2v) is 12.0. The third-order valence-electron chi connectivity index (χ3n) is 9.23. The molecule has 0 spiro atoms. The number of alkyl halides is 6. The first kappa shape index (κ1) is 33.0. The Hall–Kier alpha value is -2.86. The van der Waals surface area contributed by atoms with E-state index in [1.807, 2.05) is 0 Å². The number of urea groups is 1. The monoisotopic (exact) mass is 616 g/mol. The molecule has 4 rings (SSSR count). The van der Waals surface area contributed by atoms with E-state index in [-0.39, 0.29) is 17.7 Å². The van der Waals surface area contributed by atoms with E-state index in [4.69, 9.17) is 0 Å². The summed E-state index contributed by atoms with van der Waals surface area (Å²) >= 11 is 0.